The molecular weight excluding hydrogens is 295 g/mol. The van der Waals surface area contributed by atoms with Crippen LogP contribution in [-0.2, 0) is 4.57 Å². The van der Waals surface area contributed by atoms with E-state index in [9.17, 15) is 4.57 Å². The summed E-state index contributed by atoms with van der Waals surface area (Å²) in [5, 5.41) is 0. The van der Waals surface area contributed by atoms with Crippen LogP contribution in [0.25, 0.3) is 0 Å². The topological polar surface area (TPSA) is 17.1 Å². The Labute approximate surface area is 135 Å². The Kier molecular flexibility index (Phi) is 10.2. The molecule has 1 nitrogen and oxygen atoms in total. The minimum atomic E-state index is -2.10. The summed E-state index contributed by atoms with van der Waals surface area (Å²) in [7, 11) is 0. The number of rotatable bonds is 12. The molecule has 0 aromatic heterocycles. The average Bonchev–Trinajstić information content (AvgIpc) is 2.49. The lowest BCUT2D eigenvalue weighted by Crippen LogP contribution is -1.94. The zero-order valence-electron chi connectivity index (χ0n) is 13.7. The van der Waals surface area contributed by atoms with Crippen molar-refractivity contribution >= 4 is 17.7 Å². The van der Waals surface area contributed by atoms with Crippen molar-refractivity contribution in [3.05, 3.63) is 30.3 Å². The predicted octanol–water partition coefficient (Wildman–Crippen LogP) is 7.22. The maximum atomic E-state index is 13.3. The lowest BCUT2D eigenvalue weighted by molar-refractivity contribution is 0.576. The Balaban J connectivity index is 2.53. The third kappa shape index (κ3) is 8.73. The van der Waals surface area contributed by atoms with Crippen LogP contribution in [0.5, 0.6) is 0 Å². The fraction of sp³-hybridized carbons (Fsp3) is 0.667. The minimum Gasteiger partial charge on any atom is -0.312 e. The monoisotopic (exact) mass is 326 g/mol. The Bertz CT molecular complexity index is 389. The van der Waals surface area contributed by atoms with Gasteiger partial charge in [0, 0.05) is 17.2 Å². The molecule has 0 N–H and O–H groups in total. The van der Waals surface area contributed by atoms with Gasteiger partial charge in [-0.25, -0.2) is 0 Å². The van der Waals surface area contributed by atoms with Crippen molar-refractivity contribution < 1.29 is 4.57 Å². The fourth-order valence-electron chi connectivity index (χ4n) is 2.44. The maximum Gasteiger partial charge on any atom is 0.143 e. The van der Waals surface area contributed by atoms with Crippen LogP contribution in [0, 0.1) is 0 Å². The quantitative estimate of drug-likeness (QED) is 0.298. The van der Waals surface area contributed by atoms with Crippen molar-refractivity contribution in [1.82, 2.24) is 0 Å². The van der Waals surface area contributed by atoms with Gasteiger partial charge in [0.15, 0.2) is 0 Å². The third-order valence-corrected chi connectivity index (χ3v) is 9.26. The molecular formula is C18H31OPS. The summed E-state index contributed by atoms with van der Waals surface area (Å²) in [6.07, 6.45) is 9.45. The molecule has 0 heterocycles. The summed E-state index contributed by atoms with van der Waals surface area (Å²) in [5.74, 6) is 0. The first-order valence-electron chi connectivity index (χ1n) is 8.53. The first-order chi connectivity index (χ1) is 10.2. The smallest absolute Gasteiger partial charge is 0.143 e. The van der Waals surface area contributed by atoms with E-state index in [1.807, 2.05) is 18.2 Å². The molecule has 0 radical (unpaired) electrons. The molecule has 120 valence electrons. The molecule has 0 fully saturated rings. The summed E-state index contributed by atoms with van der Waals surface area (Å²) < 4.78 is 13.3. The van der Waals surface area contributed by atoms with Crippen molar-refractivity contribution in [3.8, 4) is 0 Å². The molecule has 1 aromatic rings. The van der Waals surface area contributed by atoms with Crippen molar-refractivity contribution in [2.45, 2.75) is 70.1 Å². The fourth-order valence-corrected chi connectivity index (χ4v) is 7.76. The molecule has 0 saturated heterocycles. The molecule has 0 amide bonds. The van der Waals surface area contributed by atoms with Crippen molar-refractivity contribution in [3.63, 3.8) is 0 Å². The van der Waals surface area contributed by atoms with Gasteiger partial charge in [0.1, 0.15) is 6.34 Å². The summed E-state index contributed by atoms with van der Waals surface area (Å²) >= 11 is 1.66. The lowest BCUT2D eigenvalue weighted by Gasteiger charge is -2.17. The Hall–Kier alpha value is -0.200. The highest BCUT2D eigenvalue weighted by molar-refractivity contribution is 8.58. The highest BCUT2D eigenvalue weighted by Crippen LogP contribution is 2.62. The van der Waals surface area contributed by atoms with Gasteiger partial charge in [-0.2, -0.15) is 0 Å². The standard InChI is InChI=1S/C18H31OPS/c1-3-5-7-12-16-20(19,17-13-8-6-4-2)21-18-14-10-9-11-15-18/h9-11,14-15H,3-8,12-13,16-17H2,1-2H3. The van der Waals surface area contributed by atoms with Crippen LogP contribution in [0.15, 0.2) is 35.2 Å². The second-order valence-electron chi connectivity index (χ2n) is 5.79. The van der Waals surface area contributed by atoms with Gasteiger partial charge in [0.2, 0.25) is 0 Å². The first-order valence-corrected chi connectivity index (χ1v) is 12.0. The molecule has 0 aliphatic heterocycles. The Morgan fingerprint density at radius 2 is 1.33 bits per heavy atom. The van der Waals surface area contributed by atoms with Crippen LogP contribution in [0.2, 0.25) is 0 Å². The number of hydrogen-bond acceptors (Lipinski definition) is 2. The van der Waals surface area contributed by atoms with Crippen LogP contribution in [0.4, 0.5) is 0 Å². The summed E-state index contributed by atoms with van der Waals surface area (Å²) in [6, 6.07) is 10.3. The van der Waals surface area contributed by atoms with Gasteiger partial charge >= 0.3 is 0 Å². The Morgan fingerprint density at radius 3 is 1.81 bits per heavy atom. The SMILES string of the molecule is CCCCCCP(=O)(CCCCCC)Sc1ccccc1. The molecule has 1 aromatic carbocycles. The van der Waals surface area contributed by atoms with Gasteiger partial charge in [-0.3, -0.25) is 0 Å². The van der Waals surface area contributed by atoms with E-state index in [0.29, 0.717) is 0 Å². The van der Waals surface area contributed by atoms with Crippen LogP contribution < -0.4 is 0 Å². The molecule has 0 aliphatic rings. The summed E-state index contributed by atoms with van der Waals surface area (Å²) in [5.41, 5.74) is 0. The second-order valence-corrected chi connectivity index (χ2v) is 11.5. The van der Waals surface area contributed by atoms with E-state index in [-0.39, 0.29) is 0 Å². The van der Waals surface area contributed by atoms with Gasteiger partial charge in [0.25, 0.3) is 0 Å². The van der Waals surface area contributed by atoms with E-state index in [1.165, 1.54) is 43.4 Å². The van der Waals surface area contributed by atoms with E-state index >= 15 is 0 Å². The van der Waals surface area contributed by atoms with Crippen molar-refractivity contribution in [2.75, 3.05) is 12.3 Å². The van der Waals surface area contributed by atoms with E-state index < -0.39 is 6.34 Å². The van der Waals surface area contributed by atoms with Gasteiger partial charge in [-0.1, -0.05) is 82.0 Å². The van der Waals surface area contributed by atoms with Gasteiger partial charge in [0.05, 0.1) is 0 Å². The lowest BCUT2D eigenvalue weighted by atomic mass is 10.2. The summed E-state index contributed by atoms with van der Waals surface area (Å²) in [4.78, 5) is 1.17. The zero-order valence-corrected chi connectivity index (χ0v) is 15.4. The van der Waals surface area contributed by atoms with Gasteiger partial charge in [-0.15, -0.1) is 0 Å². The van der Waals surface area contributed by atoms with E-state index in [1.54, 1.807) is 11.4 Å². The predicted molar refractivity (Wildman–Crippen MR) is 97.9 cm³/mol. The van der Waals surface area contributed by atoms with Crippen molar-refractivity contribution in [2.24, 2.45) is 0 Å². The maximum absolute atomic E-state index is 13.3. The highest BCUT2D eigenvalue weighted by Gasteiger charge is 2.22. The first kappa shape index (κ1) is 18.8. The van der Waals surface area contributed by atoms with E-state index in [2.05, 4.69) is 26.0 Å². The van der Waals surface area contributed by atoms with E-state index in [4.69, 9.17) is 0 Å². The summed E-state index contributed by atoms with van der Waals surface area (Å²) in [6.45, 7) is 4.45. The molecule has 21 heavy (non-hydrogen) atoms. The molecule has 0 bridgehead atoms. The largest absolute Gasteiger partial charge is 0.312 e. The molecule has 0 atom stereocenters. The van der Waals surface area contributed by atoms with Gasteiger partial charge in [-0.05, 0) is 25.0 Å². The van der Waals surface area contributed by atoms with Gasteiger partial charge < -0.3 is 4.57 Å². The molecule has 0 spiro atoms. The molecule has 3 heteroatoms. The number of unbranched alkanes of at least 4 members (excludes halogenated alkanes) is 6. The van der Waals surface area contributed by atoms with Crippen LogP contribution >= 0.6 is 17.7 Å². The Morgan fingerprint density at radius 1 is 0.810 bits per heavy atom. The second kappa shape index (κ2) is 11.4. The number of benzene rings is 1. The minimum absolute atomic E-state index is 0.915. The van der Waals surface area contributed by atoms with E-state index in [0.717, 1.165) is 25.2 Å². The molecule has 0 unspecified atom stereocenters. The third-order valence-electron chi connectivity index (χ3n) is 3.72. The van der Waals surface area contributed by atoms with Crippen LogP contribution in [0.1, 0.15) is 65.2 Å². The molecule has 0 aliphatic carbocycles. The highest BCUT2D eigenvalue weighted by atomic mass is 32.7. The van der Waals surface area contributed by atoms with Crippen LogP contribution in [-0.4, -0.2) is 12.3 Å². The molecule has 1 rings (SSSR count). The molecule has 0 saturated carbocycles. The van der Waals surface area contributed by atoms with Crippen molar-refractivity contribution in [1.29, 1.82) is 0 Å². The average molecular weight is 326 g/mol. The van der Waals surface area contributed by atoms with Crippen LogP contribution in [0.3, 0.4) is 0 Å². The number of hydrogen-bond donors (Lipinski definition) is 0. The zero-order chi connectivity index (χ0) is 15.4. The normalized spacial score (nSPS) is 11.7.